The lowest BCUT2D eigenvalue weighted by atomic mass is 9.78. The molecule has 8 rings (SSSR count). The number of anilines is 1. The highest BCUT2D eigenvalue weighted by atomic mass is 16.7. The summed E-state index contributed by atoms with van der Waals surface area (Å²) in [7, 11) is 1.44. The summed E-state index contributed by atoms with van der Waals surface area (Å²) < 4.78 is 23.4. The number of nitrogens with zero attached hydrogens (tertiary/aromatic N) is 5. The fourth-order valence-corrected chi connectivity index (χ4v) is 8.87. The molecule has 0 spiro atoms. The van der Waals surface area contributed by atoms with Crippen LogP contribution < -0.4 is 10.1 Å². The lowest BCUT2D eigenvalue weighted by Crippen LogP contribution is -2.44. The van der Waals surface area contributed by atoms with Gasteiger partial charge in [0.1, 0.15) is 22.9 Å². The van der Waals surface area contributed by atoms with Gasteiger partial charge >= 0.3 is 5.79 Å². The SMILES string of the molecule is CO[C@H]1/C=C/O[C@@]2(C)Oc3c(C)c(O)c4c(O)c(c(/C=N/N5CCN(Cc6cc(-c7ccccn7)no6)CC5)c(O)c4c3C2=O)NC(=O)/C(C)=C\C=C\[C@H](C)[C@H](O)[C@@H](C)[C@@H](O)[C@@H](C)[C@H](O)[C@@H]1C. The zero-order chi connectivity index (χ0) is 48.5. The largest absolute Gasteiger partial charge is 0.507 e. The molecule has 5 bridgehead atoms. The number of aliphatic hydroxyl groups is 3. The van der Waals surface area contributed by atoms with Crippen molar-refractivity contribution in [3.63, 3.8) is 0 Å². The fraction of sp³-hybridized carbons (Fsp3) is 0.449. The highest BCUT2D eigenvalue weighted by Gasteiger charge is 2.50. The third-order valence-corrected chi connectivity index (χ3v) is 13.3. The number of benzene rings is 2. The van der Waals surface area contributed by atoms with Gasteiger partial charge in [-0.2, -0.15) is 5.10 Å². The number of hydrogen-bond donors (Lipinski definition) is 7. The number of aromatic nitrogens is 2. The number of allylic oxidation sites excluding steroid dienone is 2. The second-order valence-electron chi connectivity index (χ2n) is 17.9. The number of methoxy groups -OCH3 is 1. The van der Waals surface area contributed by atoms with Crippen LogP contribution in [0.4, 0.5) is 5.69 Å². The van der Waals surface area contributed by atoms with Gasteiger partial charge in [0.15, 0.2) is 11.5 Å². The van der Waals surface area contributed by atoms with Crippen LogP contribution >= 0.6 is 0 Å². The molecular formula is C49H60N6O12. The summed E-state index contributed by atoms with van der Waals surface area (Å²) in [6.45, 7) is 13.7. The molecule has 0 aliphatic carbocycles. The number of rotatable bonds is 6. The van der Waals surface area contributed by atoms with Crippen molar-refractivity contribution < 1.29 is 59.0 Å². The van der Waals surface area contributed by atoms with Crippen LogP contribution in [0.1, 0.15) is 68.8 Å². The molecule has 1 amide bonds. The van der Waals surface area contributed by atoms with Crippen LogP contribution in [0, 0.1) is 30.6 Å². The molecule has 4 aliphatic heterocycles. The Morgan fingerprint density at radius 1 is 0.910 bits per heavy atom. The molecule has 0 saturated carbocycles. The summed E-state index contributed by atoms with van der Waals surface area (Å²) in [5.74, 6) is -7.19. The third-order valence-electron chi connectivity index (χ3n) is 13.3. The van der Waals surface area contributed by atoms with Gasteiger partial charge in [-0.3, -0.25) is 24.5 Å². The van der Waals surface area contributed by atoms with Crippen molar-refractivity contribution in [2.75, 3.05) is 38.6 Å². The molecular weight excluding hydrogens is 865 g/mol. The van der Waals surface area contributed by atoms with E-state index >= 15 is 0 Å². The first-order valence-electron chi connectivity index (χ1n) is 22.3. The van der Waals surface area contributed by atoms with Gasteiger partial charge in [-0.05, 0) is 32.1 Å². The summed E-state index contributed by atoms with van der Waals surface area (Å²) in [6, 6.07) is 7.40. The predicted octanol–water partition coefficient (Wildman–Crippen LogP) is 5.39. The highest BCUT2D eigenvalue weighted by molar-refractivity contribution is 6.23. The zero-order valence-corrected chi connectivity index (χ0v) is 38.9. The average molecular weight is 925 g/mol. The van der Waals surface area contributed by atoms with Gasteiger partial charge in [0.05, 0.1) is 71.3 Å². The first kappa shape index (κ1) is 48.6. The van der Waals surface area contributed by atoms with Gasteiger partial charge in [0, 0.05) is 92.7 Å². The number of phenols is 3. The van der Waals surface area contributed by atoms with Crippen molar-refractivity contribution in [2.24, 2.45) is 28.8 Å². The van der Waals surface area contributed by atoms with Crippen LogP contribution in [-0.2, 0) is 20.8 Å². The monoisotopic (exact) mass is 924 g/mol. The molecule has 4 aliphatic rings. The van der Waals surface area contributed by atoms with E-state index in [9.17, 15) is 40.2 Å². The van der Waals surface area contributed by atoms with E-state index in [-0.39, 0.29) is 44.5 Å². The summed E-state index contributed by atoms with van der Waals surface area (Å²) >= 11 is 0. The van der Waals surface area contributed by atoms with E-state index in [4.69, 9.17) is 18.7 Å². The number of piperazine rings is 1. The number of nitrogens with one attached hydrogen (secondary N) is 1. The van der Waals surface area contributed by atoms with Crippen molar-refractivity contribution >= 4 is 34.4 Å². The van der Waals surface area contributed by atoms with Gasteiger partial charge in [-0.15, -0.1) is 0 Å². The van der Waals surface area contributed by atoms with Gasteiger partial charge in [0.2, 0.25) is 0 Å². The molecule has 0 radical (unpaired) electrons. The molecule has 18 heteroatoms. The molecule has 4 aromatic rings. The summed E-state index contributed by atoms with van der Waals surface area (Å²) in [6.07, 6.45) is 6.36. The minimum Gasteiger partial charge on any atom is -0.507 e. The Bertz CT molecular complexity index is 2600. The summed E-state index contributed by atoms with van der Waals surface area (Å²) in [4.78, 5) is 34.9. The summed E-state index contributed by atoms with van der Waals surface area (Å²) in [5.41, 5.74) is 0.901. The number of amides is 1. The van der Waals surface area contributed by atoms with Crippen molar-refractivity contribution in [3.05, 3.63) is 89.1 Å². The van der Waals surface area contributed by atoms with E-state index in [1.54, 1.807) is 51.1 Å². The summed E-state index contributed by atoms with van der Waals surface area (Å²) in [5, 5.41) is 82.7. The molecule has 6 heterocycles. The maximum Gasteiger partial charge on any atom is 0.312 e. The smallest absolute Gasteiger partial charge is 0.312 e. The topological polar surface area (TPSA) is 253 Å². The van der Waals surface area contributed by atoms with E-state index in [2.05, 4.69) is 25.5 Å². The fourth-order valence-electron chi connectivity index (χ4n) is 8.87. The normalized spacial score (nSPS) is 29.7. The zero-order valence-electron chi connectivity index (χ0n) is 38.9. The number of hydrogen-bond acceptors (Lipinski definition) is 17. The number of carbonyl (C=O) groups is 2. The van der Waals surface area contributed by atoms with Crippen LogP contribution in [0.5, 0.6) is 23.0 Å². The Labute approximate surface area is 388 Å². The molecule has 2 aromatic heterocycles. The van der Waals surface area contributed by atoms with Crippen LogP contribution in [0.3, 0.4) is 0 Å². The van der Waals surface area contributed by atoms with E-state index in [1.807, 2.05) is 24.3 Å². The number of aliphatic hydroxyl groups excluding tert-OH is 3. The van der Waals surface area contributed by atoms with Crippen molar-refractivity contribution in [2.45, 2.75) is 85.2 Å². The number of ketones is 1. The van der Waals surface area contributed by atoms with Crippen molar-refractivity contribution in [3.8, 4) is 34.4 Å². The molecule has 9 atom stereocenters. The number of pyridine rings is 1. The van der Waals surface area contributed by atoms with Crippen LogP contribution in [0.25, 0.3) is 22.2 Å². The third kappa shape index (κ3) is 9.62. The molecule has 2 aromatic carbocycles. The molecule has 18 nitrogen and oxygen atoms in total. The Morgan fingerprint density at radius 3 is 2.30 bits per heavy atom. The molecule has 1 fully saturated rings. The number of aromatic hydroxyl groups is 3. The van der Waals surface area contributed by atoms with Crippen LogP contribution in [0.15, 0.2) is 76.2 Å². The Balaban J connectivity index is 1.26. The standard InChI is InChI=1S/C49H60N6O12/c1-25-12-11-13-26(2)48(63)52-39-32(23-51-55-19-17-54(18-20-55)24-31-22-34(53-67-31)33-14-9-10-16-50-33)44(60)36-37(45(39)61)43(59)30(6)46-38(36)47(62)49(7,66-46)65-21-15-35(64-8)27(3)41(57)29(5)42(58)28(4)40(25)56/h9-16,21-23,25,27-29,35,40-42,56-61H,17-20,24H2,1-8H3,(H,52,63)/b12-11+,21-15+,26-13-,51-23+/t25-,27+,28+,29-,35-,40-,41+,42+,49-/m0/s1. The van der Waals surface area contributed by atoms with E-state index in [0.717, 1.165) is 0 Å². The quantitative estimate of drug-likeness (QED) is 0.0728. The molecule has 1 saturated heterocycles. The Morgan fingerprint density at radius 2 is 1.61 bits per heavy atom. The lowest BCUT2D eigenvalue weighted by molar-refractivity contribution is -0.112. The van der Waals surface area contributed by atoms with E-state index < -0.39 is 82.8 Å². The lowest BCUT2D eigenvalue weighted by Gasteiger charge is -2.36. The molecule has 7 N–H and O–H groups in total. The van der Waals surface area contributed by atoms with Crippen LogP contribution in [-0.4, -0.2) is 132 Å². The van der Waals surface area contributed by atoms with E-state index in [0.29, 0.717) is 49.9 Å². The number of hydrazone groups is 1. The Hall–Kier alpha value is -6.31. The highest BCUT2D eigenvalue weighted by Crippen LogP contribution is 2.55. The molecule has 67 heavy (non-hydrogen) atoms. The minimum atomic E-state index is -2.05. The second kappa shape index (κ2) is 19.9. The Kier molecular flexibility index (Phi) is 14.4. The number of carbonyl (C=O) groups excluding carboxylic acids is 2. The molecule has 358 valence electrons. The number of ether oxygens (including phenoxy) is 3. The first-order valence-corrected chi connectivity index (χ1v) is 22.3. The van der Waals surface area contributed by atoms with Gasteiger partial charge < -0.3 is 54.7 Å². The van der Waals surface area contributed by atoms with Gasteiger partial charge in [-0.1, -0.05) is 57.1 Å². The predicted molar refractivity (Wildman–Crippen MR) is 248 cm³/mol. The minimum absolute atomic E-state index is 0.0491. The van der Waals surface area contributed by atoms with Gasteiger partial charge in [-0.25, -0.2) is 0 Å². The molecule has 0 unspecified atom stereocenters. The second-order valence-corrected chi connectivity index (χ2v) is 17.9. The number of fused-ring (bicyclic) bond motifs is 14. The average Bonchev–Trinajstić information content (AvgIpc) is 3.90. The maximum atomic E-state index is 14.5. The van der Waals surface area contributed by atoms with Crippen molar-refractivity contribution in [1.29, 1.82) is 0 Å². The van der Waals surface area contributed by atoms with Crippen LogP contribution in [0.2, 0.25) is 0 Å². The number of Topliss-reactive ketones (excluding diaryl/α,β-unsaturated/α-hetero) is 1. The van der Waals surface area contributed by atoms with E-state index in [1.165, 1.54) is 52.5 Å². The van der Waals surface area contributed by atoms with Crippen molar-refractivity contribution in [1.82, 2.24) is 20.0 Å². The first-order chi connectivity index (χ1) is 31.9. The van der Waals surface area contributed by atoms with Gasteiger partial charge in [0.25, 0.3) is 11.7 Å². The number of phenolic OH excluding ortho intramolecular Hbond substituents is 3. The maximum absolute atomic E-state index is 14.5.